The van der Waals surface area contributed by atoms with Crippen LogP contribution in [0.4, 0.5) is 0 Å². The van der Waals surface area contributed by atoms with E-state index in [4.69, 9.17) is 0 Å². The molecule has 0 aromatic heterocycles. The van der Waals surface area contributed by atoms with Crippen molar-refractivity contribution in [2.24, 2.45) is 0 Å². The fourth-order valence-corrected chi connectivity index (χ4v) is 3.21. The van der Waals surface area contributed by atoms with Crippen molar-refractivity contribution in [2.75, 3.05) is 0 Å². The molecular formula is C19H24BrN. The van der Waals surface area contributed by atoms with E-state index in [0.717, 1.165) is 10.9 Å². The molecule has 2 aromatic rings. The molecule has 2 rings (SSSR count). The van der Waals surface area contributed by atoms with Crippen LogP contribution in [-0.4, -0.2) is 0 Å². The summed E-state index contributed by atoms with van der Waals surface area (Å²) in [6, 6.07) is 16.0. The van der Waals surface area contributed by atoms with Gasteiger partial charge in [-0.25, -0.2) is 0 Å². The Bertz CT molecular complexity index is 606. The van der Waals surface area contributed by atoms with Crippen molar-refractivity contribution >= 4 is 15.9 Å². The zero-order valence-electron chi connectivity index (χ0n) is 13.3. The van der Waals surface area contributed by atoms with Crippen molar-refractivity contribution in [3.8, 4) is 0 Å². The predicted molar refractivity (Wildman–Crippen MR) is 94.6 cm³/mol. The van der Waals surface area contributed by atoms with Crippen molar-refractivity contribution in [3.63, 3.8) is 0 Å². The van der Waals surface area contributed by atoms with Crippen molar-refractivity contribution in [1.29, 1.82) is 0 Å². The molecule has 21 heavy (non-hydrogen) atoms. The predicted octanol–water partition coefficient (Wildman–Crippen LogP) is 5.87. The lowest BCUT2D eigenvalue weighted by molar-refractivity contribution is 0.455. The first-order valence-electron chi connectivity index (χ1n) is 7.60. The fourth-order valence-electron chi connectivity index (χ4n) is 2.79. The third-order valence-corrected chi connectivity index (χ3v) is 4.50. The van der Waals surface area contributed by atoms with Crippen molar-refractivity contribution in [2.45, 2.75) is 46.2 Å². The molecule has 2 atom stereocenters. The van der Waals surface area contributed by atoms with Gasteiger partial charge in [0, 0.05) is 16.6 Å². The van der Waals surface area contributed by atoms with Gasteiger partial charge in [0.05, 0.1) is 0 Å². The summed E-state index contributed by atoms with van der Waals surface area (Å²) in [5.41, 5.74) is 5.40. The van der Waals surface area contributed by atoms with Gasteiger partial charge in [-0.3, -0.25) is 0 Å². The summed E-state index contributed by atoms with van der Waals surface area (Å²) in [6.45, 7) is 8.82. The van der Waals surface area contributed by atoms with Crippen LogP contribution in [0.5, 0.6) is 0 Å². The summed E-state index contributed by atoms with van der Waals surface area (Å²) in [5.74, 6) is 0. The maximum atomic E-state index is 3.77. The molecule has 0 aliphatic heterocycles. The zero-order valence-corrected chi connectivity index (χ0v) is 14.9. The molecule has 2 unspecified atom stereocenters. The molecule has 0 radical (unpaired) electrons. The average molecular weight is 346 g/mol. The second kappa shape index (κ2) is 7.24. The molecule has 112 valence electrons. The quantitative estimate of drug-likeness (QED) is 0.714. The minimum atomic E-state index is 0.342. The van der Waals surface area contributed by atoms with Crippen LogP contribution in [0.25, 0.3) is 0 Å². The van der Waals surface area contributed by atoms with Gasteiger partial charge in [-0.05, 0) is 56.0 Å². The third-order valence-electron chi connectivity index (χ3n) is 4.01. The molecule has 1 nitrogen and oxygen atoms in total. The highest BCUT2D eigenvalue weighted by Gasteiger charge is 2.15. The van der Waals surface area contributed by atoms with E-state index < -0.39 is 0 Å². The van der Waals surface area contributed by atoms with Crippen molar-refractivity contribution in [3.05, 3.63) is 69.2 Å². The lowest BCUT2D eigenvalue weighted by Crippen LogP contribution is -2.24. The van der Waals surface area contributed by atoms with Crippen LogP contribution in [0.3, 0.4) is 0 Å². The van der Waals surface area contributed by atoms with E-state index in [-0.39, 0.29) is 0 Å². The zero-order chi connectivity index (χ0) is 15.4. The van der Waals surface area contributed by atoms with Gasteiger partial charge >= 0.3 is 0 Å². The number of nitrogens with one attached hydrogen (secondary N) is 1. The second-order valence-corrected chi connectivity index (χ2v) is 6.68. The molecule has 0 heterocycles. The van der Waals surface area contributed by atoms with Crippen molar-refractivity contribution in [1.82, 2.24) is 5.32 Å². The molecule has 2 heteroatoms. The molecule has 0 aliphatic rings. The number of aryl methyl sites for hydroxylation is 2. The molecular weight excluding hydrogens is 322 g/mol. The number of halogens is 1. The summed E-state index contributed by atoms with van der Waals surface area (Å²) in [4.78, 5) is 0. The lowest BCUT2D eigenvalue weighted by Gasteiger charge is -2.24. The Morgan fingerprint density at radius 1 is 1.10 bits per heavy atom. The van der Waals surface area contributed by atoms with Gasteiger partial charge in [0.1, 0.15) is 0 Å². The Balaban J connectivity index is 2.20. The van der Waals surface area contributed by atoms with Crippen LogP contribution < -0.4 is 5.32 Å². The molecule has 0 fully saturated rings. The van der Waals surface area contributed by atoms with Crippen LogP contribution in [-0.2, 0) is 0 Å². The molecule has 2 aromatic carbocycles. The van der Waals surface area contributed by atoms with E-state index in [1.807, 2.05) is 0 Å². The Morgan fingerprint density at radius 2 is 1.86 bits per heavy atom. The minimum Gasteiger partial charge on any atom is -0.303 e. The van der Waals surface area contributed by atoms with E-state index in [1.54, 1.807) is 0 Å². The smallest absolute Gasteiger partial charge is 0.0323 e. The van der Waals surface area contributed by atoms with Gasteiger partial charge in [0.25, 0.3) is 0 Å². The summed E-state index contributed by atoms with van der Waals surface area (Å²) < 4.78 is 1.14. The number of rotatable bonds is 5. The number of hydrogen-bond acceptors (Lipinski definition) is 1. The summed E-state index contributed by atoms with van der Waals surface area (Å²) in [6.07, 6.45) is 1.08. The van der Waals surface area contributed by atoms with E-state index in [0.29, 0.717) is 12.1 Å². The highest BCUT2D eigenvalue weighted by Crippen LogP contribution is 2.26. The number of benzene rings is 2. The van der Waals surface area contributed by atoms with Crippen LogP contribution in [0.1, 0.15) is 54.6 Å². The first-order chi connectivity index (χ1) is 10.0. The lowest BCUT2D eigenvalue weighted by atomic mass is 9.97. The maximum absolute atomic E-state index is 3.77. The summed E-state index contributed by atoms with van der Waals surface area (Å²) in [7, 11) is 0. The standard InChI is InChI=1S/C19H24BrN/c1-5-19(16-7-6-8-17(20)12-16)21-15(4)18-11-13(2)9-10-14(18)3/h6-12,15,19,21H,5H2,1-4H3. The van der Waals surface area contributed by atoms with Gasteiger partial charge in [0.15, 0.2) is 0 Å². The van der Waals surface area contributed by atoms with Crippen molar-refractivity contribution < 1.29 is 0 Å². The van der Waals surface area contributed by atoms with Gasteiger partial charge in [-0.2, -0.15) is 0 Å². The maximum Gasteiger partial charge on any atom is 0.0323 e. The highest BCUT2D eigenvalue weighted by molar-refractivity contribution is 9.10. The van der Waals surface area contributed by atoms with Crippen LogP contribution in [0, 0.1) is 13.8 Å². The number of hydrogen-bond donors (Lipinski definition) is 1. The first kappa shape index (κ1) is 16.3. The molecule has 0 saturated heterocycles. The Labute approximate surface area is 136 Å². The molecule has 1 N–H and O–H groups in total. The second-order valence-electron chi connectivity index (χ2n) is 5.76. The highest BCUT2D eigenvalue weighted by atomic mass is 79.9. The normalized spacial score (nSPS) is 14.0. The monoisotopic (exact) mass is 345 g/mol. The van der Waals surface area contributed by atoms with Gasteiger partial charge < -0.3 is 5.32 Å². The first-order valence-corrected chi connectivity index (χ1v) is 8.39. The van der Waals surface area contributed by atoms with E-state index in [1.165, 1.54) is 22.3 Å². The van der Waals surface area contributed by atoms with E-state index in [2.05, 4.69) is 91.4 Å². The van der Waals surface area contributed by atoms with Gasteiger partial charge in [0.2, 0.25) is 0 Å². The van der Waals surface area contributed by atoms with Crippen LogP contribution >= 0.6 is 15.9 Å². The Kier molecular flexibility index (Phi) is 5.60. The van der Waals surface area contributed by atoms with Gasteiger partial charge in [-0.1, -0.05) is 58.7 Å². The fraction of sp³-hybridized carbons (Fsp3) is 0.368. The Morgan fingerprint density at radius 3 is 2.52 bits per heavy atom. The average Bonchev–Trinajstić information content (AvgIpc) is 2.47. The SMILES string of the molecule is CCC(NC(C)c1cc(C)ccc1C)c1cccc(Br)c1. The van der Waals surface area contributed by atoms with E-state index in [9.17, 15) is 0 Å². The Hall–Kier alpha value is -1.12. The van der Waals surface area contributed by atoms with Crippen LogP contribution in [0.15, 0.2) is 46.9 Å². The minimum absolute atomic E-state index is 0.342. The largest absolute Gasteiger partial charge is 0.303 e. The molecule has 0 bridgehead atoms. The van der Waals surface area contributed by atoms with Gasteiger partial charge in [-0.15, -0.1) is 0 Å². The summed E-state index contributed by atoms with van der Waals surface area (Å²) >= 11 is 3.56. The van der Waals surface area contributed by atoms with Crippen LogP contribution in [0.2, 0.25) is 0 Å². The molecule has 0 saturated carbocycles. The van der Waals surface area contributed by atoms with E-state index >= 15 is 0 Å². The molecule has 0 aliphatic carbocycles. The topological polar surface area (TPSA) is 12.0 Å². The molecule has 0 spiro atoms. The molecule has 0 amide bonds. The summed E-state index contributed by atoms with van der Waals surface area (Å²) in [5, 5.41) is 3.77. The third kappa shape index (κ3) is 4.18.